The Morgan fingerprint density at radius 2 is 1.61 bits per heavy atom. The number of anilines is 2. The van der Waals surface area contributed by atoms with Crippen molar-refractivity contribution in [3.8, 4) is 11.1 Å². The molecule has 0 saturated heterocycles. The zero-order chi connectivity index (χ0) is 21.8. The predicted molar refractivity (Wildman–Crippen MR) is 123 cm³/mol. The van der Waals surface area contributed by atoms with Crippen LogP contribution < -0.4 is 11.0 Å². The number of nitrogens with zero attached hydrogens (tertiary/aromatic N) is 3. The van der Waals surface area contributed by atoms with E-state index in [4.69, 9.17) is 0 Å². The van der Waals surface area contributed by atoms with Gasteiger partial charge in [0.05, 0.1) is 5.39 Å². The molecule has 156 valence electrons. The minimum atomic E-state index is -0.454. The maximum atomic E-state index is 12.5. The number of hydrogen-bond donors (Lipinski definition) is 2. The molecule has 2 aromatic carbocycles. The average molecular weight is 413 g/mol. The van der Waals surface area contributed by atoms with Crippen LogP contribution in [-0.4, -0.2) is 38.8 Å². The molecule has 0 spiro atoms. The number of H-pyrrole nitrogens is 1. The lowest BCUT2D eigenvalue weighted by molar-refractivity contribution is 0.0773. The van der Waals surface area contributed by atoms with Gasteiger partial charge >= 0.3 is 5.69 Å². The van der Waals surface area contributed by atoms with E-state index in [9.17, 15) is 9.59 Å². The molecule has 2 N–H and O–H groups in total. The van der Waals surface area contributed by atoms with Gasteiger partial charge in [-0.1, -0.05) is 24.3 Å². The Hall–Kier alpha value is -4.00. The van der Waals surface area contributed by atoms with Gasteiger partial charge in [-0.15, -0.1) is 0 Å². The van der Waals surface area contributed by atoms with E-state index >= 15 is 0 Å². The molecular formula is C24H23N5O2. The number of fused-ring (bicyclic) bond motifs is 1. The van der Waals surface area contributed by atoms with E-state index in [0.717, 1.165) is 22.2 Å². The zero-order valence-electron chi connectivity index (χ0n) is 17.4. The molecule has 4 aromatic rings. The van der Waals surface area contributed by atoms with Gasteiger partial charge in [-0.2, -0.15) is 4.98 Å². The Morgan fingerprint density at radius 3 is 2.26 bits per heavy atom. The summed E-state index contributed by atoms with van der Waals surface area (Å²) in [6.45, 7) is 5.35. The third-order valence-corrected chi connectivity index (χ3v) is 5.17. The standard InChI is InChI=1S/C24H23N5O2/c1-3-29(4-2)23(30)18-9-7-16(8-10-18)17-11-13-19(14-12-17)26-22-20-6-5-15-25-21(20)27-24(31)28-22/h5-15H,3-4H2,1-2H3,(H2,25,26,27,28,31). The van der Waals surface area contributed by atoms with Gasteiger partial charge in [0.1, 0.15) is 5.82 Å². The van der Waals surface area contributed by atoms with Gasteiger partial charge in [-0.3, -0.25) is 9.78 Å². The van der Waals surface area contributed by atoms with Crippen LogP contribution in [-0.2, 0) is 0 Å². The smallest absolute Gasteiger partial charge is 0.341 e. The largest absolute Gasteiger partial charge is 0.348 e. The van der Waals surface area contributed by atoms with E-state index in [1.54, 1.807) is 17.2 Å². The number of aromatic amines is 1. The summed E-state index contributed by atoms with van der Waals surface area (Å²) < 4.78 is 0. The highest BCUT2D eigenvalue weighted by atomic mass is 16.2. The number of hydrogen-bond acceptors (Lipinski definition) is 5. The second-order valence-corrected chi connectivity index (χ2v) is 7.05. The molecule has 0 aliphatic heterocycles. The first-order chi connectivity index (χ1) is 15.1. The minimum absolute atomic E-state index is 0.0455. The Morgan fingerprint density at radius 1 is 0.968 bits per heavy atom. The second kappa shape index (κ2) is 8.79. The molecular weight excluding hydrogens is 390 g/mol. The predicted octanol–water partition coefficient (Wildman–Crippen LogP) is 4.21. The van der Waals surface area contributed by atoms with Crippen molar-refractivity contribution in [2.45, 2.75) is 13.8 Å². The first-order valence-corrected chi connectivity index (χ1v) is 10.2. The number of amides is 1. The van der Waals surface area contributed by atoms with E-state index in [1.165, 1.54) is 0 Å². The lowest BCUT2D eigenvalue weighted by Gasteiger charge is -2.18. The lowest BCUT2D eigenvalue weighted by Crippen LogP contribution is -2.30. The summed E-state index contributed by atoms with van der Waals surface area (Å²) in [5.41, 5.74) is 3.50. The van der Waals surface area contributed by atoms with Crippen LogP contribution in [0, 0.1) is 0 Å². The molecule has 7 heteroatoms. The molecule has 0 aliphatic carbocycles. The molecule has 0 bridgehead atoms. The molecule has 0 fully saturated rings. The Kier molecular flexibility index (Phi) is 5.75. The SMILES string of the molecule is CCN(CC)C(=O)c1ccc(-c2ccc(Nc3[nH]c(=O)nc4ncccc34)cc2)cc1. The first-order valence-electron chi connectivity index (χ1n) is 10.2. The maximum Gasteiger partial charge on any atom is 0.348 e. The molecule has 7 nitrogen and oxygen atoms in total. The second-order valence-electron chi connectivity index (χ2n) is 7.05. The van der Waals surface area contributed by atoms with Crippen molar-refractivity contribution in [2.75, 3.05) is 18.4 Å². The van der Waals surface area contributed by atoms with Crippen molar-refractivity contribution >= 4 is 28.4 Å². The fourth-order valence-electron chi connectivity index (χ4n) is 3.47. The van der Waals surface area contributed by atoms with Gasteiger partial charge in [-0.25, -0.2) is 9.78 Å². The highest BCUT2D eigenvalue weighted by Gasteiger charge is 2.12. The van der Waals surface area contributed by atoms with E-state index in [-0.39, 0.29) is 5.91 Å². The summed E-state index contributed by atoms with van der Waals surface area (Å²) in [6, 6.07) is 19.1. The van der Waals surface area contributed by atoms with Crippen LogP contribution in [0.5, 0.6) is 0 Å². The number of aromatic nitrogens is 3. The molecule has 2 aromatic heterocycles. The van der Waals surface area contributed by atoms with Crippen LogP contribution in [0.15, 0.2) is 71.7 Å². The van der Waals surface area contributed by atoms with Crippen LogP contribution in [0.25, 0.3) is 22.2 Å². The number of carbonyl (C=O) groups is 1. The summed E-state index contributed by atoms with van der Waals surface area (Å²) in [5, 5.41) is 3.97. The number of benzene rings is 2. The quantitative estimate of drug-likeness (QED) is 0.494. The molecule has 1 amide bonds. The monoisotopic (exact) mass is 413 g/mol. The summed E-state index contributed by atoms with van der Waals surface area (Å²) in [7, 11) is 0. The van der Waals surface area contributed by atoms with E-state index in [1.807, 2.05) is 68.4 Å². The molecule has 4 rings (SSSR count). The number of nitrogens with one attached hydrogen (secondary N) is 2. The molecule has 0 unspecified atom stereocenters. The van der Waals surface area contributed by atoms with Crippen LogP contribution in [0.2, 0.25) is 0 Å². The summed E-state index contributed by atoms with van der Waals surface area (Å²) >= 11 is 0. The Balaban J connectivity index is 1.54. The van der Waals surface area contributed by atoms with Crippen molar-refractivity contribution in [3.63, 3.8) is 0 Å². The maximum absolute atomic E-state index is 12.5. The topological polar surface area (TPSA) is 91.0 Å². The molecule has 31 heavy (non-hydrogen) atoms. The first kappa shape index (κ1) is 20.3. The lowest BCUT2D eigenvalue weighted by atomic mass is 10.0. The van der Waals surface area contributed by atoms with E-state index in [2.05, 4.69) is 20.3 Å². The molecule has 0 radical (unpaired) electrons. The van der Waals surface area contributed by atoms with Crippen molar-refractivity contribution in [2.24, 2.45) is 0 Å². The molecule has 0 aliphatic rings. The minimum Gasteiger partial charge on any atom is -0.341 e. The molecule has 2 heterocycles. The fourth-order valence-corrected chi connectivity index (χ4v) is 3.47. The zero-order valence-corrected chi connectivity index (χ0v) is 17.4. The van der Waals surface area contributed by atoms with Crippen LogP contribution >= 0.6 is 0 Å². The van der Waals surface area contributed by atoms with Gasteiger partial charge in [-0.05, 0) is 61.4 Å². The fraction of sp³-hybridized carbons (Fsp3) is 0.167. The highest BCUT2D eigenvalue weighted by molar-refractivity contribution is 5.94. The number of carbonyl (C=O) groups excluding carboxylic acids is 1. The van der Waals surface area contributed by atoms with E-state index in [0.29, 0.717) is 30.1 Å². The Bertz CT molecular complexity index is 1260. The number of pyridine rings is 1. The van der Waals surface area contributed by atoms with E-state index < -0.39 is 5.69 Å². The third kappa shape index (κ3) is 4.30. The normalized spacial score (nSPS) is 10.8. The van der Waals surface area contributed by atoms with Gasteiger partial charge in [0, 0.05) is 30.5 Å². The summed E-state index contributed by atoms with van der Waals surface area (Å²) in [4.78, 5) is 36.8. The third-order valence-electron chi connectivity index (χ3n) is 5.17. The van der Waals surface area contributed by atoms with Crippen LogP contribution in [0.1, 0.15) is 24.2 Å². The van der Waals surface area contributed by atoms with Gasteiger partial charge in [0.25, 0.3) is 5.91 Å². The van der Waals surface area contributed by atoms with Crippen molar-refractivity contribution < 1.29 is 4.79 Å². The molecule has 0 saturated carbocycles. The van der Waals surface area contributed by atoms with Crippen molar-refractivity contribution in [3.05, 3.63) is 82.9 Å². The van der Waals surface area contributed by atoms with Crippen LogP contribution in [0.3, 0.4) is 0 Å². The number of rotatable bonds is 6. The summed E-state index contributed by atoms with van der Waals surface area (Å²) in [5.74, 6) is 0.597. The van der Waals surface area contributed by atoms with Crippen LogP contribution in [0.4, 0.5) is 11.5 Å². The Labute approximate surface area is 179 Å². The molecule has 0 atom stereocenters. The van der Waals surface area contributed by atoms with Crippen molar-refractivity contribution in [1.29, 1.82) is 0 Å². The average Bonchev–Trinajstić information content (AvgIpc) is 2.80. The van der Waals surface area contributed by atoms with Gasteiger partial charge < -0.3 is 10.2 Å². The van der Waals surface area contributed by atoms with Gasteiger partial charge in [0.15, 0.2) is 5.65 Å². The van der Waals surface area contributed by atoms with Gasteiger partial charge in [0.2, 0.25) is 0 Å². The van der Waals surface area contributed by atoms with Crippen molar-refractivity contribution in [1.82, 2.24) is 19.9 Å². The summed E-state index contributed by atoms with van der Waals surface area (Å²) in [6.07, 6.45) is 1.61. The highest BCUT2D eigenvalue weighted by Crippen LogP contribution is 2.25.